The fourth-order valence-electron chi connectivity index (χ4n) is 14.7. The lowest BCUT2D eigenvalue weighted by Crippen LogP contribution is -2.56. The summed E-state index contributed by atoms with van der Waals surface area (Å²) in [6, 6.07) is 0. The Morgan fingerprint density at radius 2 is 1.43 bits per heavy atom. The Hall–Kier alpha value is -5.81. The molecule has 1 saturated heterocycles. The van der Waals surface area contributed by atoms with Crippen molar-refractivity contribution in [2.45, 2.75) is 143 Å². The van der Waals surface area contributed by atoms with Crippen LogP contribution in [0.2, 0.25) is 0 Å². The van der Waals surface area contributed by atoms with E-state index in [2.05, 4.69) is 20.1 Å². The molecule has 6 aliphatic carbocycles. The highest BCUT2D eigenvalue weighted by Gasteiger charge is 2.66. The molecule has 0 spiro atoms. The van der Waals surface area contributed by atoms with Gasteiger partial charge in [0.15, 0.2) is 11.5 Å². The van der Waals surface area contributed by atoms with Crippen LogP contribution in [0.25, 0.3) is 0 Å². The number of ether oxygens (including phenoxy) is 5. The smallest absolute Gasteiger partial charge is 0.342 e. The van der Waals surface area contributed by atoms with Gasteiger partial charge in [-0.05, 0) is 80.8 Å². The van der Waals surface area contributed by atoms with Crippen molar-refractivity contribution in [1.82, 2.24) is 4.90 Å². The number of carbonyl (C=O) groups excluding carboxylic acids is 8. The summed E-state index contributed by atoms with van der Waals surface area (Å²) in [4.78, 5) is 106. The van der Waals surface area contributed by atoms with Crippen LogP contribution in [-0.4, -0.2) is 120 Å². The predicted octanol–water partition coefficient (Wildman–Crippen LogP) is 8.58. The first kappa shape index (κ1) is 55.4. The van der Waals surface area contributed by atoms with Crippen molar-refractivity contribution in [3.05, 3.63) is 93.9 Å². The van der Waals surface area contributed by atoms with Gasteiger partial charge in [0.2, 0.25) is 11.6 Å². The number of Topliss-reactive ketones (excluding diaryl/α,β-unsaturated/α-hetero) is 4. The number of esters is 4. The molecule has 17 heteroatoms. The number of thioether (sulfide) groups is 1. The lowest BCUT2D eigenvalue weighted by molar-refractivity contribution is -0.157. The first-order valence-electron chi connectivity index (χ1n) is 26.2. The van der Waals surface area contributed by atoms with E-state index < -0.39 is 87.4 Å². The van der Waals surface area contributed by atoms with Gasteiger partial charge in [0.25, 0.3) is 0 Å². The van der Waals surface area contributed by atoms with E-state index in [9.17, 15) is 43.5 Å². The molecule has 9 rings (SSSR count). The van der Waals surface area contributed by atoms with Crippen LogP contribution >= 0.6 is 11.8 Å². The molecule has 11 atom stereocenters. The quantitative estimate of drug-likeness (QED) is 0.0539. The molecule has 404 valence electrons. The Kier molecular flexibility index (Phi) is 15.5. The minimum Gasteiger partial charge on any atom is -0.504 e. The highest BCUT2D eigenvalue weighted by Crippen LogP contribution is 2.66. The SMILES string of the molecule is C=CCN(/C=C1/C(=O)O[C@H](CC)[C@@]2(C)C1=C(O)C(=O)C1=C2[C@H](OC(C)=O)C[C@]2(C)C(=O)CC[C@@H]12)CC=C.CC[C@H]1OC(=O)c2coc3c2[C@@]1(C)C1=C(C3=O)[C@@H]2CC[C@H](CC(=O)CSCCOC)[C@@]2(C)C[C@H]1OC(C)=O. The maximum absolute atomic E-state index is 14.1. The van der Waals surface area contributed by atoms with Gasteiger partial charge in [0, 0.05) is 98.9 Å². The molecule has 1 aromatic heterocycles. The minimum absolute atomic E-state index is 0.0145. The van der Waals surface area contributed by atoms with Crippen molar-refractivity contribution in [3.8, 4) is 0 Å². The number of cyclic esters (lactones) is 2. The number of aliphatic hydroxyl groups excluding tert-OH is 1. The molecule has 3 heterocycles. The summed E-state index contributed by atoms with van der Waals surface area (Å²) in [6.45, 7) is 23.1. The number of fused-ring (bicyclic) bond motifs is 7. The van der Waals surface area contributed by atoms with Gasteiger partial charge >= 0.3 is 23.9 Å². The highest BCUT2D eigenvalue weighted by atomic mass is 32.2. The number of furan rings is 1. The molecule has 1 N–H and O–H groups in total. The monoisotopic (exact) mass is 1050 g/mol. The number of ketones is 4. The van der Waals surface area contributed by atoms with Gasteiger partial charge in [-0.2, -0.15) is 11.8 Å². The molecular weight excluding hydrogens is 983 g/mol. The topological polar surface area (TPSA) is 219 Å². The van der Waals surface area contributed by atoms with Crippen LogP contribution in [0.1, 0.15) is 140 Å². The van der Waals surface area contributed by atoms with Crippen LogP contribution in [-0.2, 0) is 57.9 Å². The zero-order valence-corrected chi connectivity index (χ0v) is 45.5. The number of nitrogens with zero attached hydrogens (tertiary/aromatic N) is 1. The van der Waals surface area contributed by atoms with Crippen LogP contribution in [0.4, 0.5) is 0 Å². The summed E-state index contributed by atoms with van der Waals surface area (Å²) in [5, 5.41) is 11.5. The van der Waals surface area contributed by atoms with Crippen molar-refractivity contribution in [2.24, 2.45) is 34.0 Å². The van der Waals surface area contributed by atoms with Crippen LogP contribution in [0.3, 0.4) is 0 Å². The highest BCUT2D eigenvalue weighted by molar-refractivity contribution is 7.99. The molecule has 16 nitrogen and oxygen atoms in total. The van der Waals surface area contributed by atoms with E-state index in [1.54, 1.807) is 42.1 Å². The third-order valence-corrected chi connectivity index (χ3v) is 18.9. The third-order valence-electron chi connectivity index (χ3n) is 17.9. The van der Waals surface area contributed by atoms with Crippen LogP contribution < -0.4 is 0 Å². The fourth-order valence-corrected chi connectivity index (χ4v) is 15.4. The van der Waals surface area contributed by atoms with E-state index in [1.807, 2.05) is 34.6 Å². The Bertz CT molecular complexity index is 2770. The maximum Gasteiger partial charge on any atom is 0.342 e. The van der Waals surface area contributed by atoms with Gasteiger partial charge in [-0.1, -0.05) is 39.8 Å². The lowest BCUT2D eigenvalue weighted by atomic mass is 9.52. The number of methoxy groups -OCH3 is 1. The summed E-state index contributed by atoms with van der Waals surface area (Å²) < 4.78 is 34.4. The number of hydrogen-bond donors (Lipinski definition) is 1. The van der Waals surface area contributed by atoms with Crippen molar-refractivity contribution >= 4 is 58.8 Å². The molecule has 2 saturated carbocycles. The second-order valence-corrected chi connectivity index (χ2v) is 23.2. The van der Waals surface area contributed by atoms with E-state index >= 15 is 0 Å². The third kappa shape index (κ3) is 8.90. The second-order valence-electron chi connectivity index (χ2n) is 22.1. The molecule has 3 fully saturated rings. The summed E-state index contributed by atoms with van der Waals surface area (Å²) in [7, 11) is 1.65. The number of carbonyl (C=O) groups is 8. The van der Waals surface area contributed by atoms with Crippen molar-refractivity contribution in [2.75, 3.05) is 38.3 Å². The molecule has 75 heavy (non-hydrogen) atoms. The summed E-state index contributed by atoms with van der Waals surface area (Å²) in [5.74, 6) is -2.38. The molecule has 0 aromatic carbocycles. The summed E-state index contributed by atoms with van der Waals surface area (Å²) in [6.07, 6.45) is 7.88. The number of hydrogen-bond acceptors (Lipinski definition) is 17. The predicted molar refractivity (Wildman–Crippen MR) is 276 cm³/mol. The standard InChI is InChI=1S/C29H35NO7.C29H36O8S/c1-7-12-30(13-8-2)15-17-23-26(34)25(33)22-18-10-11-20(32)28(18,5)14-19(36-16(4)31)24(22)29(23,6)21(9-3)37-27(17)35;1-6-21-29(4)23-18(27(33)37-21)13-35-26(23)25(32)22-19-8-7-16(11-17(31)14-38-10-9-34-5)28(19,3)12-20(24(22)29)36-15(2)30/h7-8,15,18-19,21,34H,1-2,9-14H2,3-6H3;13,16,19-21H,6-12,14H2,1-5H3/b17-15+;/t18-,19+,21+,28-,29-;16-,19+,20-,21-,28-,29+/m01/s1. The Labute approximate surface area is 442 Å². The Balaban J connectivity index is 0.000000199. The molecule has 2 aliphatic heterocycles. The first-order chi connectivity index (χ1) is 35.5. The van der Waals surface area contributed by atoms with E-state index in [0.717, 1.165) is 24.2 Å². The molecule has 0 bridgehead atoms. The van der Waals surface area contributed by atoms with Gasteiger partial charge in [0.05, 0.1) is 28.8 Å². The van der Waals surface area contributed by atoms with Gasteiger partial charge in [0.1, 0.15) is 47.8 Å². The average molecular weight is 1050 g/mol. The molecular formula is C58H71NO15S. The van der Waals surface area contributed by atoms with Crippen LogP contribution in [0.5, 0.6) is 0 Å². The fraction of sp³-hybridized carbons (Fsp3) is 0.586. The second kappa shape index (κ2) is 21.0. The minimum atomic E-state index is -1.15. The van der Waals surface area contributed by atoms with E-state index in [1.165, 1.54) is 20.1 Å². The molecule has 1 aromatic rings. The first-order valence-corrected chi connectivity index (χ1v) is 27.4. The van der Waals surface area contributed by atoms with Crippen molar-refractivity contribution in [3.63, 3.8) is 0 Å². The normalized spacial score (nSPS) is 33.7. The molecule has 8 aliphatic rings. The Morgan fingerprint density at radius 3 is 2.04 bits per heavy atom. The van der Waals surface area contributed by atoms with Crippen LogP contribution in [0.15, 0.2) is 81.4 Å². The zero-order chi connectivity index (χ0) is 54.7. The van der Waals surface area contributed by atoms with Gasteiger partial charge < -0.3 is 38.1 Å². The number of aliphatic hydroxyl groups is 1. The van der Waals surface area contributed by atoms with Gasteiger partial charge in [-0.15, -0.1) is 13.2 Å². The van der Waals surface area contributed by atoms with Gasteiger partial charge in [-0.25, -0.2) is 9.59 Å². The zero-order valence-electron chi connectivity index (χ0n) is 44.7. The van der Waals surface area contributed by atoms with E-state index in [-0.39, 0.29) is 58.1 Å². The largest absolute Gasteiger partial charge is 0.504 e. The van der Waals surface area contributed by atoms with E-state index in [4.69, 9.17) is 28.1 Å². The van der Waals surface area contributed by atoms with Gasteiger partial charge in [-0.3, -0.25) is 28.8 Å². The average Bonchev–Trinajstić information content (AvgIpc) is 4.09. The number of rotatable bonds is 16. The van der Waals surface area contributed by atoms with E-state index in [0.29, 0.717) is 86.3 Å². The molecule has 0 radical (unpaired) electrons. The Morgan fingerprint density at radius 1 is 0.827 bits per heavy atom. The number of allylic oxidation sites excluding steroid dienone is 2. The summed E-state index contributed by atoms with van der Waals surface area (Å²) in [5.41, 5.74) is -0.0181. The molecule has 0 unspecified atom stereocenters. The van der Waals surface area contributed by atoms with Crippen molar-refractivity contribution < 1.29 is 71.6 Å². The maximum atomic E-state index is 14.1. The van der Waals surface area contributed by atoms with Crippen LogP contribution in [0, 0.1) is 34.0 Å². The molecule has 0 amide bonds. The lowest BCUT2D eigenvalue weighted by Gasteiger charge is -2.53. The van der Waals surface area contributed by atoms with Crippen molar-refractivity contribution in [1.29, 1.82) is 0 Å². The summed E-state index contributed by atoms with van der Waals surface area (Å²) >= 11 is 1.57.